The van der Waals surface area contributed by atoms with Crippen molar-refractivity contribution >= 4 is 39.3 Å². The molecule has 0 saturated carbocycles. The van der Waals surface area contributed by atoms with E-state index in [-0.39, 0.29) is 5.91 Å². The lowest BCUT2D eigenvalue weighted by Gasteiger charge is -2.16. The van der Waals surface area contributed by atoms with Crippen LogP contribution in [0.1, 0.15) is 6.92 Å². The van der Waals surface area contributed by atoms with Crippen LogP contribution in [-0.4, -0.2) is 42.4 Å². The smallest absolute Gasteiger partial charge is 0.238 e. The maximum atomic E-state index is 11.8. The number of thioether (sulfide) groups is 1. The largest absolute Gasteiger partial charge is 0.324 e. The molecule has 0 atom stereocenters. The maximum absolute atomic E-state index is 11.8. The van der Waals surface area contributed by atoms with E-state index in [1.54, 1.807) is 0 Å². The molecule has 0 fully saturated rings. The molecule has 0 heterocycles. The molecule has 0 radical (unpaired) electrons. The van der Waals surface area contributed by atoms with Crippen LogP contribution in [0.3, 0.4) is 0 Å². The lowest BCUT2D eigenvalue weighted by molar-refractivity contribution is -0.117. The molecule has 0 unspecified atom stereocenters. The molecule has 1 aromatic rings. The maximum Gasteiger partial charge on any atom is 0.238 e. The highest BCUT2D eigenvalue weighted by molar-refractivity contribution is 9.10. The van der Waals surface area contributed by atoms with Crippen molar-refractivity contribution < 1.29 is 4.79 Å². The SMILES string of the molecule is CCSCCN(C)CC(=O)Nc1ccccc1Br. The first-order valence-corrected chi connectivity index (χ1v) is 7.89. The van der Waals surface area contributed by atoms with E-state index in [9.17, 15) is 4.79 Å². The van der Waals surface area contributed by atoms with Gasteiger partial charge >= 0.3 is 0 Å². The van der Waals surface area contributed by atoms with Crippen LogP contribution >= 0.6 is 27.7 Å². The van der Waals surface area contributed by atoms with Crippen LogP contribution in [0.4, 0.5) is 5.69 Å². The zero-order chi connectivity index (χ0) is 13.4. The van der Waals surface area contributed by atoms with Crippen LogP contribution in [0.15, 0.2) is 28.7 Å². The lowest BCUT2D eigenvalue weighted by Crippen LogP contribution is -2.31. The van der Waals surface area contributed by atoms with Crippen molar-refractivity contribution in [1.82, 2.24) is 4.90 Å². The summed E-state index contributed by atoms with van der Waals surface area (Å²) in [5, 5.41) is 2.90. The van der Waals surface area contributed by atoms with Gasteiger partial charge in [0, 0.05) is 16.8 Å². The third-order valence-corrected chi connectivity index (χ3v) is 3.95. The molecule has 1 rings (SSSR count). The van der Waals surface area contributed by atoms with Gasteiger partial charge in [-0.25, -0.2) is 0 Å². The van der Waals surface area contributed by atoms with Gasteiger partial charge in [-0.1, -0.05) is 19.1 Å². The molecule has 0 saturated heterocycles. The minimum atomic E-state index is 0.0194. The quantitative estimate of drug-likeness (QED) is 0.780. The van der Waals surface area contributed by atoms with Gasteiger partial charge in [0.2, 0.25) is 5.91 Å². The van der Waals surface area contributed by atoms with E-state index in [0.29, 0.717) is 6.54 Å². The molecule has 3 nitrogen and oxygen atoms in total. The molecule has 0 bridgehead atoms. The van der Waals surface area contributed by atoms with Gasteiger partial charge in [0.25, 0.3) is 0 Å². The number of nitrogens with one attached hydrogen (secondary N) is 1. The first-order chi connectivity index (χ1) is 8.63. The molecular formula is C13H19BrN2OS. The second kappa shape index (κ2) is 8.56. The number of carbonyl (C=O) groups excluding carboxylic acids is 1. The molecule has 0 spiro atoms. The second-order valence-electron chi connectivity index (χ2n) is 3.96. The third-order valence-electron chi connectivity index (χ3n) is 2.38. The Morgan fingerprint density at radius 2 is 2.17 bits per heavy atom. The van der Waals surface area contributed by atoms with Gasteiger partial charge < -0.3 is 5.32 Å². The fourth-order valence-electron chi connectivity index (χ4n) is 1.44. The van der Waals surface area contributed by atoms with Crippen LogP contribution in [0.5, 0.6) is 0 Å². The summed E-state index contributed by atoms with van der Waals surface area (Å²) in [5.41, 5.74) is 0.818. The molecule has 0 aromatic heterocycles. The lowest BCUT2D eigenvalue weighted by atomic mass is 10.3. The number of anilines is 1. The molecule has 1 N–H and O–H groups in total. The number of benzene rings is 1. The number of para-hydroxylation sites is 1. The summed E-state index contributed by atoms with van der Waals surface area (Å²) in [5.74, 6) is 2.21. The molecule has 0 aliphatic carbocycles. The molecule has 1 amide bonds. The van der Waals surface area contributed by atoms with E-state index >= 15 is 0 Å². The van der Waals surface area contributed by atoms with E-state index in [1.807, 2.05) is 48.0 Å². The number of hydrogen-bond donors (Lipinski definition) is 1. The number of hydrogen-bond acceptors (Lipinski definition) is 3. The Labute approximate surface area is 121 Å². The summed E-state index contributed by atoms with van der Waals surface area (Å²) in [6, 6.07) is 7.63. The Hall–Kier alpha value is -0.520. The summed E-state index contributed by atoms with van der Waals surface area (Å²) in [6.07, 6.45) is 0. The highest BCUT2D eigenvalue weighted by Gasteiger charge is 2.08. The number of carbonyl (C=O) groups is 1. The van der Waals surface area contributed by atoms with E-state index in [2.05, 4.69) is 28.2 Å². The van der Waals surface area contributed by atoms with Crippen LogP contribution in [0.2, 0.25) is 0 Å². The number of amides is 1. The predicted molar refractivity (Wildman–Crippen MR) is 83.3 cm³/mol. The topological polar surface area (TPSA) is 32.3 Å². The Kier molecular flexibility index (Phi) is 7.39. The molecule has 0 aliphatic rings. The monoisotopic (exact) mass is 330 g/mol. The minimum Gasteiger partial charge on any atom is -0.324 e. The summed E-state index contributed by atoms with van der Waals surface area (Å²) in [7, 11) is 1.97. The van der Waals surface area contributed by atoms with Crippen molar-refractivity contribution in [3.8, 4) is 0 Å². The molecule has 100 valence electrons. The minimum absolute atomic E-state index is 0.0194. The Balaban J connectivity index is 2.35. The number of nitrogens with zero attached hydrogens (tertiary/aromatic N) is 1. The van der Waals surface area contributed by atoms with Gasteiger partial charge in [-0.15, -0.1) is 0 Å². The van der Waals surface area contributed by atoms with Gasteiger partial charge in [-0.2, -0.15) is 11.8 Å². The molecule has 0 aliphatic heterocycles. The number of likely N-dealkylation sites (N-methyl/N-ethyl adjacent to an activating group) is 1. The normalized spacial score (nSPS) is 10.7. The fourth-order valence-corrected chi connectivity index (χ4v) is 2.55. The summed E-state index contributed by atoms with van der Waals surface area (Å²) in [4.78, 5) is 13.9. The first-order valence-electron chi connectivity index (χ1n) is 5.94. The highest BCUT2D eigenvalue weighted by atomic mass is 79.9. The highest BCUT2D eigenvalue weighted by Crippen LogP contribution is 2.20. The molecule has 1 aromatic carbocycles. The molecular weight excluding hydrogens is 312 g/mol. The van der Waals surface area contributed by atoms with Gasteiger partial charge in [0.15, 0.2) is 0 Å². The van der Waals surface area contributed by atoms with Gasteiger partial charge in [-0.05, 0) is 40.9 Å². The Morgan fingerprint density at radius 3 is 2.83 bits per heavy atom. The fraction of sp³-hybridized carbons (Fsp3) is 0.462. The second-order valence-corrected chi connectivity index (χ2v) is 6.21. The predicted octanol–water partition coefficient (Wildman–Crippen LogP) is 3.07. The van der Waals surface area contributed by atoms with Crippen LogP contribution in [0, 0.1) is 0 Å². The average Bonchev–Trinajstić information content (AvgIpc) is 2.32. The molecule has 5 heteroatoms. The van der Waals surface area contributed by atoms with E-state index in [0.717, 1.165) is 28.2 Å². The van der Waals surface area contributed by atoms with Gasteiger partial charge in [0.1, 0.15) is 0 Å². The Morgan fingerprint density at radius 1 is 1.44 bits per heavy atom. The summed E-state index contributed by atoms with van der Waals surface area (Å²) < 4.78 is 0.905. The first kappa shape index (κ1) is 15.5. The van der Waals surface area contributed by atoms with Crippen LogP contribution < -0.4 is 5.32 Å². The van der Waals surface area contributed by atoms with Crippen molar-refractivity contribution in [2.24, 2.45) is 0 Å². The number of halogens is 1. The summed E-state index contributed by atoms with van der Waals surface area (Å²) >= 11 is 5.30. The zero-order valence-electron chi connectivity index (χ0n) is 10.8. The third kappa shape index (κ3) is 5.89. The molecule has 18 heavy (non-hydrogen) atoms. The zero-order valence-corrected chi connectivity index (χ0v) is 13.2. The van der Waals surface area contributed by atoms with Crippen LogP contribution in [0.25, 0.3) is 0 Å². The van der Waals surface area contributed by atoms with Crippen molar-refractivity contribution in [3.63, 3.8) is 0 Å². The standard InChI is InChI=1S/C13H19BrN2OS/c1-3-18-9-8-16(2)10-13(17)15-12-7-5-4-6-11(12)14/h4-7H,3,8-10H2,1-2H3,(H,15,17). The van der Waals surface area contributed by atoms with E-state index < -0.39 is 0 Å². The van der Waals surface area contributed by atoms with E-state index in [1.165, 1.54) is 0 Å². The van der Waals surface area contributed by atoms with Crippen molar-refractivity contribution in [1.29, 1.82) is 0 Å². The van der Waals surface area contributed by atoms with Crippen LogP contribution in [-0.2, 0) is 4.79 Å². The average molecular weight is 331 g/mol. The van der Waals surface area contributed by atoms with Gasteiger partial charge in [-0.3, -0.25) is 9.69 Å². The van der Waals surface area contributed by atoms with Gasteiger partial charge in [0.05, 0.1) is 12.2 Å². The number of rotatable bonds is 7. The Bertz CT molecular complexity index is 387. The van der Waals surface area contributed by atoms with Crippen molar-refractivity contribution in [2.75, 3.05) is 37.0 Å². The summed E-state index contributed by atoms with van der Waals surface area (Å²) in [6.45, 7) is 3.50. The van der Waals surface area contributed by atoms with Crippen molar-refractivity contribution in [3.05, 3.63) is 28.7 Å². The van der Waals surface area contributed by atoms with Crippen molar-refractivity contribution in [2.45, 2.75) is 6.92 Å². The van der Waals surface area contributed by atoms with E-state index in [4.69, 9.17) is 0 Å².